The third kappa shape index (κ3) is 1.61. The predicted molar refractivity (Wildman–Crippen MR) is 85.8 cm³/mol. The lowest BCUT2D eigenvalue weighted by atomic mass is 9.90. The molecule has 0 spiro atoms. The Morgan fingerprint density at radius 2 is 1.80 bits per heavy atom. The summed E-state index contributed by atoms with van der Waals surface area (Å²) in [6.45, 7) is 2.28. The second-order valence-corrected chi connectivity index (χ2v) is 5.63. The Labute approximate surface area is 120 Å². The Balaban J connectivity index is 1.90. The van der Waals surface area contributed by atoms with E-state index in [4.69, 9.17) is 0 Å². The Morgan fingerprint density at radius 1 is 0.950 bits per heavy atom. The monoisotopic (exact) mass is 258 g/mol. The second-order valence-electron chi connectivity index (χ2n) is 5.63. The molecule has 0 aliphatic heterocycles. The topological polar surface area (TPSA) is 0 Å². The lowest BCUT2D eigenvalue weighted by Crippen LogP contribution is -1.97. The van der Waals surface area contributed by atoms with Crippen LogP contribution in [0.25, 0.3) is 16.7 Å². The summed E-state index contributed by atoms with van der Waals surface area (Å²) in [4.78, 5) is 0. The third-order valence-electron chi connectivity index (χ3n) is 4.58. The van der Waals surface area contributed by atoms with Gasteiger partial charge < -0.3 is 0 Å². The third-order valence-corrected chi connectivity index (χ3v) is 4.58. The highest BCUT2D eigenvalue weighted by atomic mass is 14.3. The van der Waals surface area contributed by atoms with E-state index in [9.17, 15) is 0 Å². The van der Waals surface area contributed by atoms with E-state index in [1.807, 2.05) is 0 Å². The van der Waals surface area contributed by atoms with Crippen LogP contribution in [0.15, 0.2) is 54.6 Å². The van der Waals surface area contributed by atoms with Crippen LogP contribution in [-0.4, -0.2) is 0 Å². The van der Waals surface area contributed by atoms with E-state index in [1.54, 1.807) is 11.1 Å². The molecule has 0 amide bonds. The van der Waals surface area contributed by atoms with E-state index in [0.717, 1.165) is 19.3 Å². The van der Waals surface area contributed by atoms with E-state index < -0.39 is 0 Å². The summed E-state index contributed by atoms with van der Waals surface area (Å²) in [7, 11) is 0. The molecule has 98 valence electrons. The Bertz CT molecular complexity index is 745. The van der Waals surface area contributed by atoms with Gasteiger partial charge >= 0.3 is 0 Å². The molecule has 2 aliphatic carbocycles. The average Bonchev–Trinajstić information content (AvgIpc) is 3.13. The molecule has 0 atom stereocenters. The number of rotatable bonds is 2. The molecule has 2 aromatic rings. The van der Waals surface area contributed by atoms with Crippen molar-refractivity contribution < 1.29 is 0 Å². The maximum atomic E-state index is 2.33. The highest BCUT2D eigenvalue weighted by molar-refractivity contribution is 5.83. The fourth-order valence-corrected chi connectivity index (χ4v) is 3.63. The van der Waals surface area contributed by atoms with Crippen molar-refractivity contribution in [1.82, 2.24) is 0 Å². The molecule has 0 fully saturated rings. The highest BCUT2D eigenvalue weighted by Gasteiger charge is 2.22. The summed E-state index contributed by atoms with van der Waals surface area (Å²) in [5.74, 6) is 0. The van der Waals surface area contributed by atoms with Crippen molar-refractivity contribution in [2.45, 2.75) is 26.2 Å². The quantitative estimate of drug-likeness (QED) is 0.595. The minimum atomic E-state index is 1.08. The van der Waals surface area contributed by atoms with Crippen LogP contribution in [-0.2, 0) is 12.8 Å². The van der Waals surface area contributed by atoms with Gasteiger partial charge in [0, 0.05) is 0 Å². The smallest absolute Gasteiger partial charge is 0.00105 e. The van der Waals surface area contributed by atoms with Gasteiger partial charge in [0.05, 0.1) is 0 Å². The lowest BCUT2D eigenvalue weighted by Gasteiger charge is -2.14. The molecule has 0 N–H and O–H groups in total. The van der Waals surface area contributed by atoms with Crippen molar-refractivity contribution in [3.05, 3.63) is 76.9 Å². The van der Waals surface area contributed by atoms with E-state index in [1.165, 1.54) is 27.8 Å². The summed E-state index contributed by atoms with van der Waals surface area (Å²) in [6, 6.07) is 13.5. The maximum Gasteiger partial charge on any atom is -0.00105 e. The second kappa shape index (κ2) is 4.49. The predicted octanol–water partition coefficient (Wildman–Crippen LogP) is 5.16. The van der Waals surface area contributed by atoms with Gasteiger partial charge in [0.2, 0.25) is 0 Å². The summed E-state index contributed by atoms with van der Waals surface area (Å²) >= 11 is 0. The molecule has 0 aromatic heterocycles. The zero-order valence-corrected chi connectivity index (χ0v) is 11.8. The molecule has 2 aromatic carbocycles. The van der Waals surface area contributed by atoms with Crippen LogP contribution < -0.4 is 0 Å². The molecular weight excluding hydrogens is 240 g/mol. The lowest BCUT2D eigenvalue weighted by molar-refractivity contribution is 1.07. The number of hydrogen-bond donors (Lipinski definition) is 0. The van der Waals surface area contributed by atoms with Gasteiger partial charge in [-0.2, -0.15) is 0 Å². The molecule has 0 radical (unpaired) electrons. The standard InChI is InChI=1S/C20H18/c1-2-16-18(14-7-3-4-8-14)11-12-19-17-10-6-5-9-15(17)13-20(16)19/h3-7,9-12H,2,8,13H2,1H3. The summed E-state index contributed by atoms with van der Waals surface area (Å²) in [6.07, 6.45) is 9.99. The largest absolute Gasteiger partial charge is 0.0801 e. The first-order chi connectivity index (χ1) is 9.88. The van der Waals surface area contributed by atoms with Crippen LogP contribution in [0.3, 0.4) is 0 Å². The molecule has 0 saturated carbocycles. The molecule has 0 saturated heterocycles. The van der Waals surface area contributed by atoms with Crippen molar-refractivity contribution in [2.24, 2.45) is 0 Å². The zero-order chi connectivity index (χ0) is 13.5. The van der Waals surface area contributed by atoms with Crippen LogP contribution >= 0.6 is 0 Å². The zero-order valence-electron chi connectivity index (χ0n) is 11.8. The normalized spacial score (nSPS) is 15.2. The number of hydrogen-bond acceptors (Lipinski definition) is 0. The van der Waals surface area contributed by atoms with Crippen molar-refractivity contribution in [2.75, 3.05) is 0 Å². The van der Waals surface area contributed by atoms with Gasteiger partial charge in [0.1, 0.15) is 0 Å². The average molecular weight is 258 g/mol. The number of fused-ring (bicyclic) bond motifs is 3. The number of allylic oxidation sites excluding steroid dienone is 4. The van der Waals surface area contributed by atoms with Crippen LogP contribution in [0.4, 0.5) is 0 Å². The van der Waals surface area contributed by atoms with Crippen molar-refractivity contribution in [3.8, 4) is 11.1 Å². The van der Waals surface area contributed by atoms with E-state index in [2.05, 4.69) is 61.5 Å². The van der Waals surface area contributed by atoms with Gasteiger partial charge in [0.15, 0.2) is 0 Å². The molecule has 0 unspecified atom stereocenters. The van der Waals surface area contributed by atoms with Gasteiger partial charge in [0.25, 0.3) is 0 Å². The van der Waals surface area contributed by atoms with Crippen molar-refractivity contribution in [3.63, 3.8) is 0 Å². The molecular formula is C20H18. The van der Waals surface area contributed by atoms with Gasteiger partial charge in [-0.25, -0.2) is 0 Å². The molecule has 20 heavy (non-hydrogen) atoms. The van der Waals surface area contributed by atoms with Crippen LogP contribution in [0.2, 0.25) is 0 Å². The molecule has 0 heteroatoms. The van der Waals surface area contributed by atoms with Crippen LogP contribution in [0, 0.1) is 0 Å². The summed E-state index contributed by atoms with van der Waals surface area (Å²) in [5.41, 5.74) is 10.4. The molecule has 0 nitrogen and oxygen atoms in total. The SMILES string of the molecule is CCc1c(C2=CC=CC2)ccc2c1Cc1ccccc1-2. The fourth-order valence-electron chi connectivity index (χ4n) is 3.63. The van der Waals surface area contributed by atoms with E-state index in [-0.39, 0.29) is 0 Å². The Kier molecular flexibility index (Phi) is 2.63. The minimum Gasteiger partial charge on any atom is -0.0801 e. The van der Waals surface area contributed by atoms with Gasteiger partial charge in [-0.1, -0.05) is 61.5 Å². The van der Waals surface area contributed by atoms with Crippen molar-refractivity contribution in [1.29, 1.82) is 0 Å². The maximum absolute atomic E-state index is 2.33. The molecule has 0 heterocycles. The first-order valence-electron chi connectivity index (χ1n) is 7.47. The first-order valence-corrected chi connectivity index (χ1v) is 7.47. The van der Waals surface area contributed by atoms with Gasteiger partial charge in [-0.05, 0) is 58.2 Å². The Hall–Kier alpha value is -2.08. The van der Waals surface area contributed by atoms with Gasteiger partial charge in [-0.3, -0.25) is 0 Å². The highest BCUT2D eigenvalue weighted by Crippen LogP contribution is 2.41. The van der Waals surface area contributed by atoms with E-state index in [0.29, 0.717) is 0 Å². The first kappa shape index (κ1) is 11.7. The Morgan fingerprint density at radius 3 is 2.60 bits per heavy atom. The van der Waals surface area contributed by atoms with Crippen molar-refractivity contribution >= 4 is 5.57 Å². The summed E-state index contributed by atoms with van der Waals surface area (Å²) in [5, 5.41) is 0. The van der Waals surface area contributed by atoms with Crippen LogP contribution in [0.5, 0.6) is 0 Å². The van der Waals surface area contributed by atoms with Crippen LogP contribution in [0.1, 0.15) is 35.6 Å². The fraction of sp³-hybridized carbons (Fsp3) is 0.200. The van der Waals surface area contributed by atoms with E-state index >= 15 is 0 Å². The summed E-state index contributed by atoms with van der Waals surface area (Å²) < 4.78 is 0. The minimum absolute atomic E-state index is 1.08. The number of benzene rings is 2. The molecule has 0 bridgehead atoms. The molecule has 4 rings (SSSR count). The van der Waals surface area contributed by atoms with Gasteiger partial charge in [-0.15, -0.1) is 0 Å². The molecule has 2 aliphatic rings.